The first-order valence-electron chi connectivity index (χ1n) is 2.96. The summed E-state index contributed by atoms with van der Waals surface area (Å²) >= 11 is 1.28. The lowest BCUT2D eigenvalue weighted by atomic mass is 10.4. The van der Waals surface area contributed by atoms with Crippen molar-refractivity contribution in [2.45, 2.75) is 11.8 Å². The molecule has 0 amide bonds. The van der Waals surface area contributed by atoms with Gasteiger partial charge in [-0.3, -0.25) is 4.79 Å². The minimum Gasteiger partial charge on any atom is -0.301 e. The van der Waals surface area contributed by atoms with Gasteiger partial charge < -0.3 is 4.98 Å². The fourth-order valence-electron chi connectivity index (χ4n) is 0.649. The standard InChI is InChI=1S/C6H7FN2OS/c1-11-6-8-4(3-7)2-5(10)9-6/h2H,3H2,1H3,(H,8,9,10). The molecule has 1 N–H and O–H groups in total. The Balaban J connectivity index is 3.12. The van der Waals surface area contributed by atoms with Crippen molar-refractivity contribution in [3.05, 3.63) is 22.1 Å². The molecule has 0 aliphatic carbocycles. The number of aromatic amines is 1. The Morgan fingerprint density at radius 1 is 1.82 bits per heavy atom. The molecule has 0 aliphatic heterocycles. The second-order valence-corrected chi connectivity index (χ2v) is 2.67. The summed E-state index contributed by atoms with van der Waals surface area (Å²) in [5, 5.41) is 0.449. The Kier molecular flexibility index (Phi) is 2.64. The molecular weight excluding hydrogens is 167 g/mol. The number of hydrogen-bond donors (Lipinski definition) is 1. The van der Waals surface area contributed by atoms with E-state index in [0.29, 0.717) is 5.16 Å². The largest absolute Gasteiger partial charge is 0.301 e. The summed E-state index contributed by atoms with van der Waals surface area (Å²) in [5.41, 5.74) is -0.130. The number of nitrogens with one attached hydrogen (secondary N) is 1. The van der Waals surface area contributed by atoms with Gasteiger partial charge >= 0.3 is 0 Å². The molecule has 11 heavy (non-hydrogen) atoms. The SMILES string of the molecule is CSc1nc(CF)cc(=O)[nH]1. The van der Waals surface area contributed by atoms with Crippen LogP contribution in [0.15, 0.2) is 16.0 Å². The van der Waals surface area contributed by atoms with Gasteiger partial charge in [-0.15, -0.1) is 0 Å². The first-order valence-corrected chi connectivity index (χ1v) is 4.19. The monoisotopic (exact) mass is 174 g/mol. The van der Waals surface area contributed by atoms with E-state index in [1.54, 1.807) is 6.26 Å². The van der Waals surface area contributed by atoms with Gasteiger partial charge in [-0.05, 0) is 6.26 Å². The van der Waals surface area contributed by atoms with Gasteiger partial charge in [0.2, 0.25) is 0 Å². The van der Waals surface area contributed by atoms with Crippen LogP contribution in [0.5, 0.6) is 0 Å². The minimum absolute atomic E-state index is 0.179. The van der Waals surface area contributed by atoms with E-state index < -0.39 is 6.67 Å². The zero-order valence-corrected chi connectivity index (χ0v) is 6.74. The van der Waals surface area contributed by atoms with Crippen LogP contribution in [-0.2, 0) is 6.67 Å². The molecule has 0 saturated heterocycles. The van der Waals surface area contributed by atoms with Crippen molar-refractivity contribution in [1.82, 2.24) is 9.97 Å². The quantitative estimate of drug-likeness (QED) is 0.536. The molecule has 1 aromatic rings. The Bertz CT molecular complexity index is 274. The van der Waals surface area contributed by atoms with Gasteiger partial charge in [0.05, 0.1) is 5.69 Å². The molecule has 0 aliphatic rings. The highest BCUT2D eigenvalue weighted by molar-refractivity contribution is 7.98. The van der Waals surface area contributed by atoms with E-state index in [1.165, 1.54) is 11.8 Å². The van der Waals surface area contributed by atoms with Gasteiger partial charge in [0.1, 0.15) is 6.67 Å². The highest BCUT2D eigenvalue weighted by atomic mass is 32.2. The van der Waals surface area contributed by atoms with E-state index >= 15 is 0 Å². The average Bonchev–Trinajstić information content (AvgIpc) is 2.03. The Hall–Kier alpha value is -0.840. The lowest BCUT2D eigenvalue weighted by Crippen LogP contribution is -2.08. The molecule has 0 aromatic carbocycles. The highest BCUT2D eigenvalue weighted by Gasteiger charge is 1.98. The normalized spacial score (nSPS) is 10.0. The van der Waals surface area contributed by atoms with E-state index in [2.05, 4.69) is 9.97 Å². The second-order valence-electron chi connectivity index (χ2n) is 1.88. The molecule has 0 fully saturated rings. The Morgan fingerprint density at radius 2 is 2.55 bits per heavy atom. The fraction of sp³-hybridized carbons (Fsp3) is 0.333. The van der Waals surface area contributed by atoms with Crippen molar-refractivity contribution in [1.29, 1.82) is 0 Å². The maximum Gasteiger partial charge on any atom is 0.251 e. The summed E-state index contributed by atoms with van der Waals surface area (Å²) in [6.07, 6.45) is 1.76. The maximum atomic E-state index is 12.0. The number of rotatable bonds is 2. The smallest absolute Gasteiger partial charge is 0.251 e. The average molecular weight is 174 g/mol. The molecule has 0 bridgehead atoms. The van der Waals surface area contributed by atoms with Crippen LogP contribution in [0.2, 0.25) is 0 Å². The molecular formula is C6H7FN2OS. The van der Waals surface area contributed by atoms with Crippen molar-refractivity contribution < 1.29 is 4.39 Å². The summed E-state index contributed by atoms with van der Waals surface area (Å²) in [6.45, 7) is -0.697. The second kappa shape index (κ2) is 3.52. The summed E-state index contributed by atoms with van der Waals surface area (Å²) in [7, 11) is 0. The van der Waals surface area contributed by atoms with Crippen LogP contribution in [0.25, 0.3) is 0 Å². The van der Waals surface area contributed by atoms with Gasteiger partial charge in [-0.2, -0.15) is 0 Å². The maximum absolute atomic E-state index is 12.0. The van der Waals surface area contributed by atoms with Crippen molar-refractivity contribution in [3.8, 4) is 0 Å². The van der Waals surface area contributed by atoms with Gasteiger partial charge in [-0.1, -0.05) is 11.8 Å². The van der Waals surface area contributed by atoms with Crippen LogP contribution in [0.3, 0.4) is 0 Å². The number of aromatic nitrogens is 2. The van der Waals surface area contributed by atoms with Crippen LogP contribution in [0.4, 0.5) is 4.39 Å². The molecule has 1 heterocycles. The van der Waals surface area contributed by atoms with E-state index in [0.717, 1.165) is 6.07 Å². The van der Waals surface area contributed by atoms with Gasteiger partial charge in [0.25, 0.3) is 5.56 Å². The van der Waals surface area contributed by atoms with Crippen molar-refractivity contribution in [2.24, 2.45) is 0 Å². The third kappa shape index (κ3) is 2.04. The number of halogens is 1. The lowest BCUT2D eigenvalue weighted by molar-refractivity contribution is 0.471. The molecule has 1 rings (SSSR count). The van der Waals surface area contributed by atoms with Crippen LogP contribution in [0.1, 0.15) is 5.69 Å². The third-order valence-electron chi connectivity index (χ3n) is 1.10. The number of thioether (sulfide) groups is 1. The van der Waals surface area contributed by atoms with E-state index in [-0.39, 0.29) is 11.3 Å². The first-order chi connectivity index (χ1) is 5.26. The highest BCUT2D eigenvalue weighted by Crippen LogP contribution is 2.05. The molecule has 0 atom stereocenters. The van der Waals surface area contributed by atoms with Crippen LogP contribution < -0.4 is 5.56 Å². The van der Waals surface area contributed by atoms with Crippen LogP contribution in [-0.4, -0.2) is 16.2 Å². The minimum atomic E-state index is -0.697. The first kappa shape index (κ1) is 8.26. The number of alkyl halides is 1. The van der Waals surface area contributed by atoms with Gasteiger partial charge in [-0.25, -0.2) is 9.37 Å². The van der Waals surface area contributed by atoms with Crippen molar-refractivity contribution in [3.63, 3.8) is 0 Å². The molecule has 0 saturated carbocycles. The zero-order valence-electron chi connectivity index (χ0n) is 5.93. The number of H-pyrrole nitrogens is 1. The summed E-state index contributed by atoms with van der Waals surface area (Å²) in [6, 6.07) is 1.15. The van der Waals surface area contributed by atoms with Crippen molar-refractivity contribution in [2.75, 3.05) is 6.26 Å². The summed E-state index contributed by atoms with van der Waals surface area (Å²) in [5.74, 6) is 0. The number of hydrogen-bond acceptors (Lipinski definition) is 3. The molecule has 3 nitrogen and oxygen atoms in total. The van der Waals surface area contributed by atoms with E-state index in [1.807, 2.05) is 0 Å². The molecule has 0 spiro atoms. The predicted octanol–water partition coefficient (Wildman–Crippen LogP) is 0.961. The van der Waals surface area contributed by atoms with Gasteiger partial charge in [0, 0.05) is 6.07 Å². The summed E-state index contributed by atoms with van der Waals surface area (Å²) in [4.78, 5) is 17.0. The lowest BCUT2D eigenvalue weighted by Gasteiger charge is -1.95. The van der Waals surface area contributed by atoms with E-state index in [4.69, 9.17) is 0 Å². The Labute approximate surface area is 67.1 Å². The topological polar surface area (TPSA) is 45.8 Å². The molecule has 60 valence electrons. The molecule has 5 heteroatoms. The van der Waals surface area contributed by atoms with Crippen molar-refractivity contribution >= 4 is 11.8 Å². The summed E-state index contributed by atoms with van der Waals surface area (Å²) < 4.78 is 12.0. The predicted molar refractivity (Wildman–Crippen MR) is 41.5 cm³/mol. The molecule has 0 radical (unpaired) electrons. The van der Waals surface area contributed by atoms with Crippen LogP contribution >= 0.6 is 11.8 Å². The number of nitrogens with zero attached hydrogens (tertiary/aromatic N) is 1. The van der Waals surface area contributed by atoms with Gasteiger partial charge in [0.15, 0.2) is 5.16 Å². The fourth-order valence-corrected chi connectivity index (χ4v) is 1.06. The van der Waals surface area contributed by atoms with E-state index in [9.17, 15) is 9.18 Å². The molecule has 0 unspecified atom stereocenters. The third-order valence-corrected chi connectivity index (χ3v) is 1.68. The Morgan fingerprint density at radius 3 is 3.09 bits per heavy atom. The van der Waals surface area contributed by atoms with Crippen LogP contribution in [0, 0.1) is 0 Å². The molecule has 1 aromatic heterocycles. The zero-order chi connectivity index (χ0) is 8.27.